The van der Waals surface area contributed by atoms with Crippen molar-refractivity contribution in [1.82, 2.24) is 9.88 Å². The Hall–Kier alpha value is -2.55. The van der Waals surface area contributed by atoms with Gasteiger partial charge in [-0.25, -0.2) is 4.98 Å². The lowest BCUT2D eigenvalue weighted by Gasteiger charge is -2.23. The molecule has 0 saturated carbocycles. The van der Waals surface area contributed by atoms with Crippen molar-refractivity contribution < 1.29 is 19.0 Å². The van der Waals surface area contributed by atoms with Gasteiger partial charge in [-0.05, 0) is 57.4 Å². The van der Waals surface area contributed by atoms with Gasteiger partial charge in [0.1, 0.15) is 19.0 Å². The second-order valence-corrected chi connectivity index (χ2v) is 8.31. The highest BCUT2D eigenvalue weighted by Crippen LogP contribution is 2.34. The molecule has 0 spiro atoms. The Bertz CT molecular complexity index is 1060. The third-order valence-electron chi connectivity index (χ3n) is 4.84. The summed E-state index contributed by atoms with van der Waals surface area (Å²) in [5.41, 5.74) is 1.38. The van der Waals surface area contributed by atoms with E-state index in [0.29, 0.717) is 42.0 Å². The topological polar surface area (TPSA) is 64.1 Å². The number of carbonyl (C=O) groups is 1. The molecule has 0 saturated heterocycles. The van der Waals surface area contributed by atoms with Crippen LogP contribution in [0.2, 0.25) is 0 Å². The number of carbonyl (C=O) groups excluding carboxylic acids is 1. The summed E-state index contributed by atoms with van der Waals surface area (Å²) in [4.78, 5) is 22.1. The van der Waals surface area contributed by atoms with Gasteiger partial charge < -0.3 is 19.1 Å². The molecule has 0 fully saturated rings. The van der Waals surface area contributed by atoms with Crippen molar-refractivity contribution in [3.05, 3.63) is 42.0 Å². The highest BCUT2D eigenvalue weighted by atomic mass is 35.5. The van der Waals surface area contributed by atoms with Crippen LogP contribution in [0.1, 0.15) is 16.8 Å². The Labute approximate surface area is 191 Å². The van der Waals surface area contributed by atoms with E-state index in [0.717, 1.165) is 28.9 Å². The summed E-state index contributed by atoms with van der Waals surface area (Å²) in [6.07, 6.45) is 0.836. The standard InChI is InChI=1S/C22H25N3O4S.ClH/c1-24(2)9-4-10-25(22-23-17-14-16(27-3)6-8-20(17)30-22)21(26)15-5-7-18-19(13-15)29-12-11-28-18;/h5-8,13-14H,4,9-12H2,1-3H3;1H. The minimum Gasteiger partial charge on any atom is -0.497 e. The molecule has 1 amide bonds. The number of halogens is 1. The molecular weight excluding hydrogens is 438 g/mol. The van der Waals surface area contributed by atoms with Crippen LogP contribution in [0.4, 0.5) is 5.13 Å². The quantitative estimate of drug-likeness (QED) is 0.525. The normalized spacial score (nSPS) is 12.5. The van der Waals surface area contributed by atoms with E-state index in [1.165, 1.54) is 11.3 Å². The van der Waals surface area contributed by atoms with Crippen LogP contribution < -0.4 is 19.1 Å². The van der Waals surface area contributed by atoms with Crippen LogP contribution in [-0.2, 0) is 0 Å². The number of hydrogen-bond donors (Lipinski definition) is 0. The summed E-state index contributed by atoms with van der Waals surface area (Å²) in [5.74, 6) is 1.92. The molecule has 1 aliphatic rings. The number of rotatable bonds is 7. The van der Waals surface area contributed by atoms with Crippen LogP contribution in [0.15, 0.2) is 36.4 Å². The first-order chi connectivity index (χ1) is 14.5. The van der Waals surface area contributed by atoms with Crippen molar-refractivity contribution >= 4 is 45.0 Å². The molecule has 0 atom stereocenters. The Morgan fingerprint density at radius 2 is 1.87 bits per heavy atom. The summed E-state index contributed by atoms with van der Waals surface area (Å²) >= 11 is 1.50. The van der Waals surface area contributed by atoms with Gasteiger partial charge in [0.25, 0.3) is 5.91 Å². The summed E-state index contributed by atoms with van der Waals surface area (Å²) in [7, 11) is 5.68. The van der Waals surface area contributed by atoms with E-state index < -0.39 is 0 Å². The molecule has 0 aliphatic carbocycles. The van der Waals surface area contributed by atoms with E-state index in [1.54, 1.807) is 30.2 Å². The molecule has 1 aromatic heterocycles. The highest BCUT2D eigenvalue weighted by Gasteiger charge is 2.23. The molecule has 9 heteroatoms. The van der Waals surface area contributed by atoms with E-state index >= 15 is 0 Å². The van der Waals surface area contributed by atoms with E-state index in [2.05, 4.69) is 4.90 Å². The summed E-state index contributed by atoms with van der Waals surface area (Å²) in [5, 5.41) is 0.678. The van der Waals surface area contributed by atoms with E-state index in [1.807, 2.05) is 32.3 Å². The van der Waals surface area contributed by atoms with E-state index in [-0.39, 0.29) is 18.3 Å². The number of anilines is 1. The fraction of sp³-hybridized carbons (Fsp3) is 0.364. The highest BCUT2D eigenvalue weighted by molar-refractivity contribution is 7.22. The second-order valence-electron chi connectivity index (χ2n) is 7.30. The number of amides is 1. The lowest BCUT2D eigenvalue weighted by Crippen LogP contribution is -2.33. The van der Waals surface area contributed by atoms with Gasteiger partial charge in [0.2, 0.25) is 0 Å². The van der Waals surface area contributed by atoms with Crippen LogP contribution in [0.3, 0.4) is 0 Å². The van der Waals surface area contributed by atoms with Gasteiger partial charge in [-0.2, -0.15) is 0 Å². The molecule has 3 aromatic rings. The number of aromatic nitrogens is 1. The summed E-state index contributed by atoms with van der Waals surface area (Å²) < 4.78 is 17.6. The van der Waals surface area contributed by atoms with E-state index in [9.17, 15) is 4.79 Å². The zero-order valence-electron chi connectivity index (χ0n) is 17.8. The predicted octanol–water partition coefficient (Wildman–Crippen LogP) is 4.10. The van der Waals surface area contributed by atoms with Gasteiger partial charge in [-0.3, -0.25) is 9.69 Å². The smallest absolute Gasteiger partial charge is 0.260 e. The molecule has 0 bridgehead atoms. The van der Waals surface area contributed by atoms with Crippen LogP contribution in [-0.4, -0.2) is 63.3 Å². The molecule has 2 aromatic carbocycles. The minimum atomic E-state index is -0.100. The zero-order valence-corrected chi connectivity index (χ0v) is 19.4. The maximum atomic E-state index is 13.5. The fourth-order valence-corrected chi connectivity index (χ4v) is 4.27. The van der Waals surface area contributed by atoms with Gasteiger partial charge in [-0.1, -0.05) is 11.3 Å². The average molecular weight is 464 g/mol. The maximum absolute atomic E-state index is 13.5. The third kappa shape index (κ3) is 5.20. The zero-order chi connectivity index (χ0) is 21.1. The molecule has 4 rings (SSSR count). The maximum Gasteiger partial charge on any atom is 0.260 e. The second kappa shape index (κ2) is 10.2. The fourth-order valence-electron chi connectivity index (χ4n) is 3.30. The van der Waals surface area contributed by atoms with Crippen LogP contribution in [0.25, 0.3) is 10.2 Å². The molecule has 2 heterocycles. The minimum absolute atomic E-state index is 0. The monoisotopic (exact) mass is 463 g/mol. The van der Waals surface area contributed by atoms with Crippen molar-refractivity contribution in [3.63, 3.8) is 0 Å². The summed E-state index contributed by atoms with van der Waals surface area (Å²) in [6, 6.07) is 11.1. The molecule has 31 heavy (non-hydrogen) atoms. The molecule has 0 radical (unpaired) electrons. The number of methoxy groups -OCH3 is 1. The number of hydrogen-bond acceptors (Lipinski definition) is 7. The number of ether oxygens (including phenoxy) is 3. The first-order valence-corrected chi connectivity index (χ1v) is 10.7. The Kier molecular flexibility index (Phi) is 7.59. The first kappa shape index (κ1) is 23.1. The van der Waals surface area contributed by atoms with Gasteiger partial charge in [0.05, 0.1) is 17.3 Å². The number of thiazole rings is 1. The number of fused-ring (bicyclic) bond motifs is 2. The van der Waals surface area contributed by atoms with Gasteiger partial charge in [-0.15, -0.1) is 12.4 Å². The molecule has 1 aliphatic heterocycles. The third-order valence-corrected chi connectivity index (χ3v) is 5.90. The van der Waals surface area contributed by atoms with E-state index in [4.69, 9.17) is 19.2 Å². The van der Waals surface area contributed by atoms with Crippen LogP contribution >= 0.6 is 23.7 Å². The molecule has 7 nitrogen and oxygen atoms in total. The molecule has 0 unspecified atom stereocenters. The predicted molar refractivity (Wildman–Crippen MR) is 126 cm³/mol. The molecule has 166 valence electrons. The Morgan fingerprint density at radius 1 is 1.10 bits per heavy atom. The van der Waals surface area contributed by atoms with Crippen molar-refractivity contribution in [2.75, 3.05) is 52.4 Å². The summed E-state index contributed by atoms with van der Waals surface area (Å²) in [6.45, 7) is 2.45. The Morgan fingerprint density at radius 3 is 2.61 bits per heavy atom. The van der Waals surface area contributed by atoms with Crippen molar-refractivity contribution in [2.45, 2.75) is 6.42 Å². The molecular formula is C22H26ClN3O4S. The average Bonchev–Trinajstić information content (AvgIpc) is 3.18. The SMILES string of the molecule is COc1ccc2sc(N(CCCN(C)C)C(=O)c3ccc4c(c3)OCCO4)nc2c1.Cl. The van der Waals surface area contributed by atoms with Crippen molar-refractivity contribution in [2.24, 2.45) is 0 Å². The first-order valence-electron chi connectivity index (χ1n) is 9.86. The van der Waals surface area contributed by atoms with Crippen LogP contribution in [0, 0.1) is 0 Å². The number of benzene rings is 2. The lowest BCUT2D eigenvalue weighted by atomic mass is 10.1. The van der Waals surface area contributed by atoms with Crippen molar-refractivity contribution in [3.8, 4) is 17.2 Å². The lowest BCUT2D eigenvalue weighted by molar-refractivity contribution is 0.0984. The Balaban J connectivity index is 0.00000272. The van der Waals surface area contributed by atoms with Gasteiger partial charge in [0, 0.05) is 18.2 Å². The number of nitrogens with zero attached hydrogens (tertiary/aromatic N) is 3. The largest absolute Gasteiger partial charge is 0.497 e. The molecule has 0 N–H and O–H groups in total. The van der Waals surface area contributed by atoms with Crippen LogP contribution in [0.5, 0.6) is 17.2 Å². The van der Waals surface area contributed by atoms with Gasteiger partial charge >= 0.3 is 0 Å². The van der Waals surface area contributed by atoms with Crippen molar-refractivity contribution in [1.29, 1.82) is 0 Å². The van der Waals surface area contributed by atoms with Gasteiger partial charge in [0.15, 0.2) is 16.6 Å².